The summed E-state index contributed by atoms with van der Waals surface area (Å²) in [6.07, 6.45) is 0. The van der Waals surface area contributed by atoms with Crippen LogP contribution in [0.5, 0.6) is 23.0 Å². The number of fused-ring (bicyclic) bond motifs is 1. The lowest BCUT2D eigenvalue weighted by atomic mass is 9.83. The molecular weight excluding hydrogens is 366 g/mol. The summed E-state index contributed by atoms with van der Waals surface area (Å²) in [5.41, 5.74) is 3.13. The molecule has 1 aliphatic rings. The monoisotopic (exact) mass is 389 g/mol. The summed E-state index contributed by atoms with van der Waals surface area (Å²) in [4.78, 5) is 0. The molecule has 0 amide bonds. The molecule has 29 heavy (non-hydrogen) atoms. The fourth-order valence-corrected chi connectivity index (χ4v) is 3.69. The Morgan fingerprint density at radius 3 is 2.31 bits per heavy atom. The summed E-state index contributed by atoms with van der Waals surface area (Å²) in [6, 6.07) is 18.4. The van der Waals surface area contributed by atoms with Crippen LogP contribution in [0.25, 0.3) is 0 Å². The number of ether oxygens (including phenoxy) is 2. The molecule has 1 unspecified atom stereocenters. The van der Waals surface area contributed by atoms with Crippen molar-refractivity contribution in [1.29, 1.82) is 5.41 Å². The van der Waals surface area contributed by atoms with Gasteiger partial charge in [-0.25, -0.2) is 0 Å². The second kappa shape index (κ2) is 7.51. The minimum atomic E-state index is -0.416. The van der Waals surface area contributed by atoms with Gasteiger partial charge in [0.05, 0.1) is 11.6 Å². The largest absolute Gasteiger partial charge is 0.508 e. The van der Waals surface area contributed by atoms with Crippen molar-refractivity contribution in [3.63, 3.8) is 0 Å². The van der Waals surface area contributed by atoms with Crippen molar-refractivity contribution in [3.8, 4) is 23.0 Å². The number of hydrogen-bond donors (Lipinski definition) is 3. The summed E-state index contributed by atoms with van der Waals surface area (Å²) in [5, 5.41) is 29.7. The quantitative estimate of drug-likeness (QED) is 0.527. The number of phenols is 2. The van der Waals surface area contributed by atoms with Crippen LogP contribution < -0.4 is 9.47 Å². The Kier molecular flexibility index (Phi) is 4.89. The van der Waals surface area contributed by atoms with E-state index in [-0.39, 0.29) is 29.9 Å². The van der Waals surface area contributed by atoms with Crippen LogP contribution in [0.1, 0.15) is 47.9 Å². The average molecular weight is 389 g/mol. The maximum absolute atomic E-state index is 10.5. The van der Waals surface area contributed by atoms with Gasteiger partial charge in [0.1, 0.15) is 11.5 Å². The van der Waals surface area contributed by atoms with Crippen LogP contribution in [0.4, 0.5) is 0 Å². The number of hydrogen-bond acceptors (Lipinski definition) is 5. The first-order chi connectivity index (χ1) is 14.0. The number of rotatable bonds is 5. The van der Waals surface area contributed by atoms with Crippen LogP contribution >= 0.6 is 0 Å². The molecule has 1 aliphatic heterocycles. The third kappa shape index (κ3) is 3.51. The van der Waals surface area contributed by atoms with Gasteiger partial charge in [0.25, 0.3) is 0 Å². The average Bonchev–Trinajstić information content (AvgIpc) is 3.16. The first-order valence-corrected chi connectivity index (χ1v) is 9.55. The highest BCUT2D eigenvalue weighted by atomic mass is 16.7. The van der Waals surface area contributed by atoms with Gasteiger partial charge in [-0.15, -0.1) is 0 Å². The Balaban J connectivity index is 1.84. The van der Waals surface area contributed by atoms with Crippen LogP contribution in [-0.4, -0.2) is 22.7 Å². The molecule has 0 saturated heterocycles. The molecule has 0 aromatic heterocycles. The van der Waals surface area contributed by atoms with Crippen LogP contribution in [0.15, 0.2) is 60.7 Å². The Hall–Kier alpha value is -3.47. The lowest BCUT2D eigenvalue weighted by Crippen LogP contribution is -2.15. The Morgan fingerprint density at radius 2 is 1.59 bits per heavy atom. The van der Waals surface area contributed by atoms with E-state index >= 15 is 0 Å². The highest BCUT2D eigenvalue weighted by Crippen LogP contribution is 2.40. The van der Waals surface area contributed by atoms with E-state index in [1.165, 1.54) is 6.07 Å². The summed E-state index contributed by atoms with van der Waals surface area (Å²) in [6.45, 7) is 4.11. The minimum absolute atomic E-state index is 0.0355. The molecule has 5 heteroatoms. The lowest BCUT2D eigenvalue weighted by molar-refractivity contribution is 0.174. The van der Waals surface area contributed by atoms with E-state index in [0.717, 1.165) is 11.1 Å². The molecular formula is C24H23NO4. The predicted molar refractivity (Wildman–Crippen MR) is 112 cm³/mol. The van der Waals surface area contributed by atoms with Gasteiger partial charge in [0.15, 0.2) is 11.5 Å². The van der Waals surface area contributed by atoms with Gasteiger partial charge < -0.3 is 25.1 Å². The van der Waals surface area contributed by atoms with E-state index < -0.39 is 5.92 Å². The van der Waals surface area contributed by atoms with E-state index in [0.29, 0.717) is 22.6 Å². The normalized spacial score (nSPS) is 13.5. The molecule has 0 saturated carbocycles. The summed E-state index contributed by atoms with van der Waals surface area (Å²) in [5.74, 6) is 0.895. The van der Waals surface area contributed by atoms with Crippen molar-refractivity contribution in [2.45, 2.75) is 25.7 Å². The molecule has 3 aromatic carbocycles. The number of benzene rings is 3. The third-order valence-electron chi connectivity index (χ3n) is 5.21. The first kappa shape index (κ1) is 18.9. The predicted octanol–water partition coefficient (Wildman–Crippen LogP) is 5.15. The zero-order valence-corrected chi connectivity index (χ0v) is 16.3. The van der Waals surface area contributed by atoms with Crippen LogP contribution in [0, 0.1) is 5.41 Å². The van der Waals surface area contributed by atoms with Crippen LogP contribution in [0.3, 0.4) is 0 Å². The van der Waals surface area contributed by atoms with Crippen molar-refractivity contribution in [2.75, 3.05) is 6.79 Å². The SMILES string of the molecule is CC(C)c1cc(C(=N)C(c2ccccc2)c2ccc3c(c2)OCO3)c(O)cc1O. The third-order valence-corrected chi connectivity index (χ3v) is 5.21. The van der Waals surface area contributed by atoms with Crippen LogP contribution in [-0.2, 0) is 0 Å². The molecule has 3 aromatic rings. The van der Waals surface area contributed by atoms with E-state index in [9.17, 15) is 10.2 Å². The van der Waals surface area contributed by atoms with Gasteiger partial charge >= 0.3 is 0 Å². The van der Waals surface area contributed by atoms with Gasteiger partial charge in [0, 0.05) is 11.6 Å². The van der Waals surface area contributed by atoms with Crippen molar-refractivity contribution in [3.05, 3.63) is 82.9 Å². The van der Waals surface area contributed by atoms with E-state index in [1.807, 2.05) is 62.4 Å². The molecule has 0 spiro atoms. The Morgan fingerprint density at radius 1 is 0.862 bits per heavy atom. The molecule has 5 nitrogen and oxygen atoms in total. The second-order valence-electron chi connectivity index (χ2n) is 7.45. The van der Waals surface area contributed by atoms with Gasteiger partial charge in [-0.1, -0.05) is 50.2 Å². The number of phenolic OH excluding ortho intramolecular Hbond substituents is 2. The zero-order valence-electron chi connectivity index (χ0n) is 16.3. The second-order valence-corrected chi connectivity index (χ2v) is 7.45. The summed E-state index contributed by atoms with van der Waals surface area (Å²) >= 11 is 0. The standard InChI is InChI=1S/C24H23NO4/c1-14(2)17-11-18(20(27)12-19(17)26)24(25)23(15-6-4-3-5-7-15)16-8-9-21-22(10-16)29-13-28-21/h3-12,14,23,25-27H,13H2,1-2H3. The van der Waals surface area contributed by atoms with Gasteiger partial charge in [0.2, 0.25) is 6.79 Å². The lowest BCUT2D eigenvalue weighted by Gasteiger charge is -2.22. The summed E-state index contributed by atoms with van der Waals surface area (Å²) in [7, 11) is 0. The topological polar surface area (TPSA) is 82.8 Å². The molecule has 0 bridgehead atoms. The van der Waals surface area contributed by atoms with Gasteiger partial charge in [-0.3, -0.25) is 0 Å². The first-order valence-electron chi connectivity index (χ1n) is 9.55. The molecule has 148 valence electrons. The van der Waals surface area contributed by atoms with Crippen molar-refractivity contribution >= 4 is 5.71 Å². The number of nitrogens with one attached hydrogen (secondary N) is 1. The fraction of sp³-hybridized carbons (Fsp3) is 0.208. The molecule has 4 rings (SSSR count). The highest BCUT2D eigenvalue weighted by Gasteiger charge is 2.26. The smallest absolute Gasteiger partial charge is 0.231 e. The van der Waals surface area contributed by atoms with Crippen LogP contribution in [0.2, 0.25) is 0 Å². The highest BCUT2D eigenvalue weighted by molar-refractivity contribution is 6.07. The van der Waals surface area contributed by atoms with Crippen molar-refractivity contribution in [2.24, 2.45) is 0 Å². The van der Waals surface area contributed by atoms with E-state index in [2.05, 4.69) is 0 Å². The van der Waals surface area contributed by atoms with E-state index in [4.69, 9.17) is 14.9 Å². The molecule has 0 aliphatic carbocycles. The fourth-order valence-electron chi connectivity index (χ4n) is 3.69. The molecule has 1 heterocycles. The van der Waals surface area contributed by atoms with Crippen molar-refractivity contribution in [1.82, 2.24) is 0 Å². The maximum atomic E-state index is 10.5. The Labute approximate surface area is 169 Å². The van der Waals surface area contributed by atoms with Gasteiger partial charge in [-0.05, 0) is 40.8 Å². The molecule has 0 fully saturated rings. The minimum Gasteiger partial charge on any atom is -0.508 e. The maximum Gasteiger partial charge on any atom is 0.231 e. The van der Waals surface area contributed by atoms with Crippen molar-refractivity contribution < 1.29 is 19.7 Å². The summed E-state index contributed by atoms with van der Waals surface area (Å²) < 4.78 is 10.9. The molecule has 3 N–H and O–H groups in total. The van der Waals surface area contributed by atoms with Gasteiger partial charge in [-0.2, -0.15) is 0 Å². The van der Waals surface area contributed by atoms with E-state index in [1.54, 1.807) is 6.07 Å². The number of aromatic hydroxyl groups is 2. The molecule has 1 atom stereocenters. The zero-order chi connectivity index (χ0) is 20.5. The molecule has 0 radical (unpaired) electrons. The Bertz CT molecular complexity index is 1060.